The van der Waals surface area contributed by atoms with Crippen molar-refractivity contribution >= 4 is 23.2 Å². The number of phenolic OH excluding ortho intramolecular Hbond substituents is 3. The van der Waals surface area contributed by atoms with Gasteiger partial charge < -0.3 is 20.6 Å². The van der Waals surface area contributed by atoms with Crippen LogP contribution in [0, 0.1) is 0 Å². The molecule has 0 aliphatic rings. The van der Waals surface area contributed by atoms with Gasteiger partial charge in [-0.1, -0.05) is 11.6 Å². The van der Waals surface area contributed by atoms with Crippen LogP contribution in [-0.2, 0) is 0 Å². The van der Waals surface area contributed by atoms with Crippen molar-refractivity contribution in [3.63, 3.8) is 0 Å². The SMILES string of the molecule is O=C(Nc1ccc(Cl)c(O)c1)c1cc(O)cc(O)c1. The predicted molar refractivity (Wildman–Crippen MR) is 70.8 cm³/mol. The maximum atomic E-state index is 11.9. The Morgan fingerprint density at radius 1 is 1.00 bits per heavy atom. The fraction of sp³-hybridized carbons (Fsp3) is 0. The number of carbonyl (C=O) groups is 1. The van der Waals surface area contributed by atoms with E-state index < -0.39 is 5.91 Å². The molecule has 0 saturated heterocycles. The quantitative estimate of drug-likeness (QED) is 0.680. The van der Waals surface area contributed by atoms with Crippen LogP contribution in [0.4, 0.5) is 5.69 Å². The molecule has 2 aromatic carbocycles. The van der Waals surface area contributed by atoms with Crippen LogP contribution in [-0.4, -0.2) is 21.2 Å². The lowest BCUT2D eigenvalue weighted by atomic mass is 10.2. The minimum Gasteiger partial charge on any atom is -0.508 e. The molecule has 0 bridgehead atoms. The Labute approximate surface area is 113 Å². The highest BCUT2D eigenvalue weighted by Crippen LogP contribution is 2.27. The van der Waals surface area contributed by atoms with Gasteiger partial charge in [0.2, 0.25) is 0 Å². The molecule has 0 atom stereocenters. The Kier molecular flexibility index (Phi) is 3.48. The molecule has 0 aromatic heterocycles. The van der Waals surface area contributed by atoms with E-state index in [2.05, 4.69) is 5.32 Å². The first kappa shape index (κ1) is 13.0. The molecule has 98 valence electrons. The van der Waals surface area contributed by atoms with E-state index in [-0.39, 0.29) is 27.8 Å². The van der Waals surface area contributed by atoms with Crippen LogP contribution >= 0.6 is 11.6 Å². The van der Waals surface area contributed by atoms with Gasteiger partial charge in [-0.25, -0.2) is 0 Å². The van der Waals surface area contributed by atoms with Crippen LogP contribution in [0.25, 0.3) is 0 Å². The summed E-state index contributed by atoms with van der Waals surface area (Å²) in [6.45, 7) is 0. The Balaban J connectivity index is 2.22. The van der Waals surface area contributed by atoms with Crippen molar-refractivity contribution in [3.05, 3.63) is 47.0 Å². The molecule has 2 rings (SSSR count). The van der Waals surface area contributed by atoms with Gasteiger partial charge in [0.1, 0.15) is 17.2 Å². The molecule has 4 N–H and O–H groups in total. The number of carbonyl (C=O) groups excluding carboxylic acids is 1. The van der Waals surface area contributed by atoms with Gasteiger partial charge in [-0.05, 0) is 24.3 Å². The highest BCUT2D eigenvalue weighted by atomic mass is 35.5. The van der Waals surface area contributed by atoms with Crippen LogP contribution < -0.4 is 5.32 Å². The minimum atomic E-state index is -0.534. The fourth-order valence-electron chi connectivity index (χ4n) is 1.52. The number of nitrogens with one attached hydrogen (secondary N) is 1. The van der Waals surface area contributed by atoms with Crippen molar-refractivity contribution in [1.82, 2.24) is 0 Å². The Morgan fingerprint density at radius 3 is 2.21 bits per heavy atom. The van der Waals surface area contributed by atoms with Crippen LogP contribution in [0.1, 0.15) is 10.4 Å². The summed E-state index contributed by atoms with van der Waals surface area (Å²) < 4.78 is 0. The van der Waals surface area contributed by atoms with Crippen molar-refractivity contribution in [1.29, 1.82) is 0 Å². The first-order chi connectivity index (χ1) is 8.95. The minimum absolute atomic E-state index is 0.0898. The lowest BCUT2D eigenvalue weighted by molar-refractivity contribution is 0.102. The lowest BCUT2D eigenvalue weighted by Gasteiger charge is -2.07. The second-order valence-electron chi connectivity index (χ2n) is 3.86. The maximum Gasteiger partial charge on any atom is 0.255 e. The van der Waals surface area contributed by atoms with Gasteiger partial charge in [-0.15, -0.1) is 0 Å². The number of phenols is 3. The highest BCUT2D eigenvalue weighted by Gasteiger charge is 2.10. The lowest BCUT2D eigenvalue weighted by Crippen LogP contribution is -2.11. The summed E-state index contributed by atoms with van der Waals surface area (Å²) in [6, 6.07) is 7.79. The standard InChI is InChI=1S/C13H10ClNO4/c14-11-2-1-8(5-12(11)18)15-13(19)7-3-9(16)6-10(17)4-7/h1-6,16-18H,(H,15,19). The van der Waals surface area contributed by atoms with Crippen molar-refractivity contribution < 1.29 is 20.1 Å². The van der Waals surface area contributed by atoms with Crippen LogP contribution in [0.2, 0.25) is 5.02 Å². The molecular formula is C13H10ClNO4. The normalized spacial score (nSPS) is 10.2. The molecule has 2 aromatic rings. The van der Waals surface area contributed by atoms with Gasteiger partial charge in [0, 0.05) is 23.4 Å². The largest absolute Gasteiger partial charge is 0.508 e. The van der Waals surface area contributed by atoms with Gasteiger partial charge >= 0.3 is 0 Å². The van der Waals surface area contributed by atoms with Gasteiger partial charge in [-0.2, -0.15) is 0 Å². The number of benzene rings is 2. The van der Waals surface area contributed by atoms with Crippen molar-refractivity contribution in [2.75, 3.05) is 5.32 Å². The topological polar surface area (TPSA) is 89.8 Å². The average molecular weight is 280 g/mol. The number of hydrogen-bond donors (Lipinski definition) is 4. The van der Waals surface area contributed by atoms with E-state index in [1.54, 1.807) is 0 Å². The zero-order valence-corrected chi connectivity index (χ0v) is 10.3. The van der Waals surface area contributed by atoms with E-state index in [1.165, 1.54) is 30.3 Å². The molecule has 6 heteroatoms. The molecule has 0 fully saturated rings. The Bertz CT molecular complexity index is 622. The van der Waals surface area contributed by atoms with E-state index in [4.69, 9.17) is 11.6 Å². The Morgan fingerprint density at radius 2 is 1.63 bits per heavy atom. The summed E-state index contributed by atoms with van der Waals surface area (Å²) >= 11 is 5.65. The van der Waals surface area contributed by atoms with Crippen LogP contribution in [0.15, 0.2) is 36.4 Å². The summed E-state index contributed by atoms with van der Waals surface area (Å²) in [6.07, 6.45) is 0. The molecule has 0 saturated carbocycles. The molecule has 0 aliphatic carbocycles. The van der Waals surface area contributed by atoms with E-state index in [0.29, 0.717) is 5.69 Å². The molecule has 0 spiro atoms. The third-order valence-corrected chi connectivity index (χ3v) is 2.69. The van der Waals surface area contributed by atoms with E-state index in [1.807, 2.05) is 0 Å². The van der Waals surface area contributed by atoms with Gasteiger partial charge in [0.05, 0.1) is 5.02 Å². The zero-order chi connectivity index (χ0) is 14.0. The second-order valence-corrected chi connectivity index (χ2v) is 4.27. The smallest absolute Gasteiger partial charge is 0.255 e. The van der Waals surface area contributed by atoms with E-state index in [9.17, 15) is 20.1 Å². The molecule has 0 aliphatic heterocycles. The number of hydrogen-bond acceptors (Lipinski definition) is 4. The first-order valence-corrected chi connectivity index (χ1v) is 5.66. The molecule has 5 nitrogen and oxygen atoms in total. The zero-order valence-electron chi connectivity index (χ0n) is 9.59. The second kappa shape index (κ2) is 5.07. The molecule has 0 heterocycles. The van der Waals surface area contributed by atoms with Crippen LogP contribution in [0.3, 0.4) is 0 Å². The van der Waals surface area contributed by atoms with Crippen molar-refractivity contribution in [2.45, 2.75) is 0 Å². The average Bonchev–Trinajstić information content (AvgIpc) is 2.32. The molecule has 1 amide bonds. The van der Waals surface area contributed by atoms with Gasteiger partial charge in [-0.3, -0.25) is 4.79 Å². The van der Waals surface area contributed by atoms with Crippen molar-refractivity contribution in [3.8, 4) is 17.2 Å². The third-order valence-electron chi connectivity index (χ3n) is 2.37. The maximum absolute atomic E-state index is 11.9. The Hall–Kier alpha value is -2.40. The third kappa shape index (κ3) is 3.08. The van der Waals surface area contributed by atoms with E-state index >= 15 is 0 Å². The summed E-state index contributed by atoms with van der Waals surface area (Å²) in [7, 11) is 0. The number of aromatic hydroxyl groups is 3. The summed E-state index contributed by atoms with van der Waals surface area (Å²) in [5.74, 6) is -1.13. The molecule has 0 radical (unpaired) electrons. The fourth-order valence-corrected chi connectivity index (χ4v) is 1.64. The molecule has 0 unspecified atom stereocenters. The monoisotopic (exact) mass is 279 g/mol. The van der Waals surface area contributed by atoms with E-state index in [0.717, 1.165) is 6.07 Å². The highest BCUT2D eigenvalue weighted by molar-refractivity contribution is 6.32. The van der Waals surface area contributed by atoms with Crippen molar-refractivity contribution in [2.24, 2.45) is 0 Å². The molecular weight excluding hydrogens is 270 g/mol. The van der Waals surface area contributed by atoms with Gasteiger partial charge in [0.15, 0.2) is 0 Å². The number of amides is 1. The summed E-state index contributed by atoms with van der Waals surface area (Å²) in [5.41, 5.74) is 0.432. The van der Waals surface area contributed by atoms with Crippen LogP contribution in [0.5, 0.6) is 17.2 Å². The predicted octanol–water partition coefficient (Wildman–Crippen LogP) is 2.71. The molecule has 19 heavy (non-hydrogen) atoms. The first-order valence-electron chi connectivity index (χ1n) is 5.28. The van der Waals surface area contributed by atoms with Gasteiger partial charge in [0.25, 0.3) is 5.91 Å². The number of anilines is 1. The number of halogens is 1. The summed E-state index contributed by atoms with van der Waals surface area (Å²) in [4.78, 5) is 11.9. The number of rotatable bonds is 2. The summed E-state index contributed by atoms with van der Waals surface area (Å²) in [5, 5.41) is 30.7.